The van der Waals surface area contributed by atoms with Crippen molar-refractivity contribution in [2.75, 3.05) is 6.54 Å². The summed E-state index contributed by atoms with van der Waals surface area (Å²) in [6.45, 7) is 16.4. The van der Waals surface area contributed by atoms with E-state index in [0.29, 0.717) is 6.54 Å². The van der Waals surface area contributed by atoms with Crippen molar-refractivity contribution in [2.45, 2.75) is 84.7 Å². The Balaban J connectivity index is 3.33. The van der Waals surface area contributed by atoms with E-state index in [2.05, 4.69) is 66.7 Å². The molecular formula is C20H35NO. The minimum absolute atomic E-state index is 0.0939. The van der Waals surface area contributed by atoms with Crippen LogP contribution >= 0.6 is 0 Å². The molecule has 0 aliphatic rings. The van der Waals surface area contributed by atoms with E-state index in [9.17, 15) is 0 Å². The van der Waals surface area contributed by atoms with Crippen LogP contribution in [0.4, 0.5) is 0 Å². The van der Waals surface area contributed by atoms with Gasteiger partial charge in [-0.25, -0.2) is 0 Å². The van der Waals surface area contributed by atoms with E-state index < -0.39 is 0 Å². The molecule has 2 nitrogen and oxygen atoms in total. The molecule has 126 valence electrons. The van der Waals surface area contributed by atoms with Crippen LogP contribution in [0.3, 0.4) is 0 Å². The van der Waals surface area contributed by atoms with Gasteiger partial charge in [-0.1, -0.05) is 60.6 Å². The van der Waals surface area contributed by atoms with E-state index in [0.717, 1.165) is 25.0 Å². The molecule has 0 saturated heterocycles. The van der Waals surface area contributed by atoms with Crippen molar-refractivity contribution in [2.24, 2.45) is 5.73 Å². The fraction of sp³-hybridized carbons (Fsp3) is 0.700. The summed E-state index contributed by atoms with van der Waals surface area (Å²) in [6.07, 6.45) is 3.24. The highest BCUT2D eigenvalue weighted by Gasteiger charge is 2.27. The largest absolute Gasteiger partial charge is 0.489 e. The van der Waals surface area contributed by atoms with Gasteiger partial charge in [0.2, 0.25) is 0 Å². The molecule has 0 spiro atoms. The lowest BCUT2D eigenvalue weighted by molar-refractivity contribution is 0.200. The molecule has 0 radical (unpaired) electrons. The summed E-state index contributed by atoms with van der Waals surface area (Å²) in [5, 5.41) is 0. The normalized spacial score (nSPS) is 14.0. The van der Waals surface area contributed by atoms with Crippen molar-refractivity contribution >= 4 is 0 Å². The van der Waals surface area contributed by atoms with Crippen LogP contribution in [0.15, 0.2) is 18.2 Å². The van der Waals surface area contributed by atoms with Gasteiger partial charge in [0.1, 0.15) is 11.9 Å². The molecule has 0 aliphatic heterocycles. The van der Waals surface area contributed by atoms with Gasteiger partial charge in [-0.2, -0.15) is 0 Å². The topological polar surface area (TPSA) is 35.2 Å². The highest BCUT2D eigenvalue weighted by molar-refractivity contribution is 5.44. The van der Waals surface area contributed by atoms with E-state index in [-0.39, 0.29) is 16.9 Å². The third-order valence-corrected chi connectivity index (χ3v) is 5.27. The van der Waals surface area contributed by atoms with Gasteiger partial charge in [0.15, 0.2) is 0 Å². The second-order valence-electron chi connectivity index (χ2n) is 7.57. The Kier molecular flexibility index (Phi) is 6.49. The Morgan fingerprint density at radius 1 is 1.00 bits per heavy atom. The second kappa shape index (κ2) is 7.50. The zero-order chi connectivity index (χ0) is 17.0. The number of rotatable bonds is 8. The molecule has 0 fully saturated rings. The minimum Gasteiger partial charge on any atom is -0.489 e. The lowest BCUT2D eigenvalue weighted by atomic mass is 9.76. The summed E-state index contributed by atoms with van der Waals surface area (Å²) in [7, 11) is 0. The average Bonchev–Trinajstić information content (AvgIpc) is 2.52. The molecular weight excluding hydrogens is 270 g/mol. The van der Waals surface area contributed by atoms with Crippen LogP contribution in [0.1, 0.15) is 78.9 Å². The number of hydrogen-bond acceptors (Lipinski definition) is 2. The summed E-state index contributed by atoms with van der Waals surface area (Å²) >= 11 is 0. The van der Waals surface area contributed by atoms with Crippen molar-refractivity contribution in [3.8, 4) is 5.75 Å². The molecule has 1 unspecified atom stereocenters. The van der Waals surface area contributed by atoms with E-state index in [1.807, 2.05) is 0 Å². The van der Waals surface area contributed by atoms with Crippen LogP contribution in [-0.2, 0) is 10.8 Å². The molecule has 0 amide bonds. The van der Waals surface area contributed by atoms with Crippen molar-refractivity contribution in [1.82, 2.24) is 0 Å². The Bertz CT molecular complexity index is 473. The Morgan fingerprint density at radius 3 is 2.05 bits per heavy atom. The molecule has 1 aromatic rings. The minimum atomic E-state index is 0.0939. The summed E-state index contributed by atoms with van der Waals surface area (Å²) in [4.78, 5) is 0. The monoisotopic (exact) mass is 305 g/mol. The maximum Gasteiger partial charge on any atom is 0.123 e. The number of hydrogen-bond donors (Lipinski definition) is 1. The van der Waals surface area contributed by atoms with Gasteiger partial charge in [0.05, 0.1) is 0 Å². The summed E-state index contributed by atoms with van der Waals surface area (Å²) in [5.74, 6) is 1.000. The molecule has 22 heavy (non-hydrogen) atoms. The summed E-state index contributed by atoms with van der Waals surface area (Å²) < 4.78 is 6.21. The fourth-order valence-corrected chi connectivity index (χ4v) is 2.45. The van der Waals surface area contributed by atoms with Gasteiger partial charge >= 0.3 is 0 Å². The van der Waals surface area contributed by atoms with Gasteiger partial charge in [0, 0.05) is 12.1 Å². The van der Waals surface area contributed by atoms with Crippen LogP contribution in [0.5, 0.6) is 5.75 Å². The van der Waals surface area contributed by atoms with Crippen molar-refractivity contribution in [3.63, 3.8) is 0 Å². The number of ether oxygens (including phenoxy) is 1. The first-order valence-corrected chi connectivity index (χ1v) is 8.73. The predicted octanol–water partition coefficient (Wildman–Crippen LogP) is 5.18. The van der Waals surface area contributed by atoms with Crippen LogP contribution < -0.4 is 10.5 Å². The third-order valence-electron chi connectivity index (χ3n) is 5.27. The van der Waals surface area contributed by atoms with Crippen LogP contribution in [0, 0.1) is 0 Å². The highest BCUT2D eigenvalue weighted by atomic mass is 16.5. The average molecular weight is 306 g/mol. The lowest BCUT2D eigenvalue weighted by Gasteiger charge is -2.31. The van der Waals surface area contributed by atoms with Crippen LogP contribution in [0.25, 0.3) is 0 Å². The smallest absolute Gasteiger partial charge is 0.123 e. The molecule has 0 saturated carbocycles. The first-order valence-electron chi connectivity index (χ1n) is 8.73. The van der Waals surface area contributed by atoms with Crippen molar-refractivity contribution in [3.05, 3.63) is 29.3 Å². The summed E-state index contributed by atoms with van der Waals surface area (Å²) in [6, 6.07) is 6.72. The maximum absolute atomic E-state index is 6.21. The fourth-order valence-electron chi connectivity index (χ4n) is 2.45. The molecule has 0 aromatic heterocycles. The van der Waals surface area contributed by atoms with Crippen LogP contribution in [0.2, 0.25) is 0 Å². The second-order valence-corrected chi connectivity index (χ2v) is 7.57. The molecule has 1 aromatic carbocycles. The quantitative estimate of drug-likeness (QED) is 0.718. The van der Waals surface area contributed by atoms with Crippen molar-refractivity contribution in [1.29, 1.82) is 0 Å². The summed E-state index contributed by atoms with van der Waals surface area (Å²) in [5.41, 5.74) is 8.80. The number of benzene rings is 1. The maximum atomic E-state index is 6.21. The van der Waals surface area contributed by atoms with Gasteiger partial charge < -0.3 is 10.5 Å². The molecule has 2 heteroatoms. The van der Waals surface area contributed by atoms with Crippen LogP contribution in [-0.4, -0.2) is 12.6 Å². The van der Waals surface area contributed by atoms with E-state index in [4.69, 9.17) is 10.5 Å². The molecule has 1 rings (SSSR count). The molecule has 0 bridgehead atoms. The molecule has 1 atom stereocenters. The Hall–Kier alpha value is -1.02. The molecule has 2 N–H and O–H groups in total. The standard InChI is InChI=1S/C20H35NO/c1-8-16(14-21)22-18-12-11-15(19(4,5)9-2)13-17(18)20(6,7)10-3/h11-13,16H,8-10,14,21H2,1-7H3. The first kappa shape index (κ1) is 19.0. The van der Waals surface area contributed by atoms with Gasteiger partial charge in [-0.05, 0) is 41.7 Å². The van der Waals surface area contributed by atoms with Gasteiger partial charge in [-0.3, -0.25) is 0 Å². The van der Waals surface area contributed by atoms with Crippen molar-refractivity contribution < 1.29 is 4.74 Å². The highest BCUT2D eigenvalue weighted by Crippen LogP contribution is 2.38. The molecule has 0 aliphatic carbocycles. The first-order chi connectivity index (χ1) is 10.2. The third kappa shape index (κ3) is 4.25. The Morgan fingerprint density at radius 2 is 1.59 bits per heavy atom. The number of nitrogens with two attached hydrogens (primary N) is 1. The van der Waals surface area contributed by atoms with E-state index in [1.165, 1.54) is 11.1 Å². The van der Waals surface area contributed by atoms with Gasteiger partial charge in [0.25, 0.3) is 0 Å². The van der Waals surface area contributed by atoms with E-state index in [1.54, 1.807) is 0 Å². The zero-order valence-electron chi connectivity index (χ0n) is 15.6. The predicted molar refractivity (Wildman–Crippen MR) is 96.8 cm³/mol. The molecule has 0 heterocycles. The zero-order valence-corrected chi connectivity index (χ0v) is 15.6. The van der Waals surface area contributed by atoms with E-state index >= 15 is 0 Å². The van der Waals surface area contributed by atoms with Gasteiger partial charge in [-0.15, -0.1) is 0 Å². The Labute approximate surface area is 137 Å². The lowest BCUT2D eigenvalue weighted by Crippen LogP contribution is -2.28. The SMILES string of the molecule is CCC(CN)Oc1ccc(C(C)(C)CC)cc1C(C)(C)CC.